The summed E-state index contributed by atoms with van der Waals surface area (Å²) in [6, 6.07) is 13.3. The highest BCUT2D eigenvalue weighted by molar-refractivity contribution is 6.32. The molecule has 0 aliphatic rings. The Morgan fingerprint density at radius 1 is 1.03 bits per heavy atom. The maximum Gasteiger partial charge on any atom is 0.213 e. The van der Waals surface area contributed by atoms with Crippen LogP contribution in [0.25, 0.3) is 0 Å². The Morgan fingerprint density at radius 2 is 1.90 bits per heavy atom. The SMILES string of the molecule is COc1cc(CNCCOc2ccccn2)cc(Cl)c1OCc1ccc(F)cc1Cl. The first-order chi connectivity index (χ1) is 14.6. The number of pyridine rings is 1. The third-order valence-corrected chi connectivity index (χ3v) is 4.80. The highest BCUT2D eigenvalue weighted by Gasteiger charge is 2.13. The molecule has 158 valence electrons. The van der Waals surface area contributed by atoms with Gasteiger partial charge in [0.05, 0.1) is 17.2 Å². The molecule has 0 spiro atoms. The molecule has 1 heterocycles. The molecular weight excluding hydrogens is 430 g/mol. The van der Waals surface area contributed by atoms with E-state index < -0.39 is 5.82 Å². The second kappa shape index (κ2) is 11.0. The predicted octanol–water partition coefficient (Wildman–Crippen LogP) is 5.28. The first kappa shape index (κ1) is 22.2. The van der Waals surface area contributed by atoms with Gasteiger partial charge >= 0.3 is 0 Å². The van der Waals surface area contributed by atoms with E-state index in [0.717, 1.165) is 5.56 Å². The molecule has 0 aliphatic carbocycles. The minimum Gasteiger partial charge on any atom is -0.493 e. The fraction of sp³-hybridized carbons (Fsp3) is 0.227. The lowest BCUT2D eigenvalue weighted by molar-refractivity contribution is 0.284. The second-order valence-corrected chi connectivity index (χ2v) is 7.14. The van der Waals surface area contributed by atoms with Crippen LogP contribution in [0.4, 0.5) is 4.39 Å². The molecule has 0 saturated heterocycles. The normalized spacial score (nSPS) is 10.7. The summed E-state index contributed by atoms with van der Waals surface area (Å²) in [4.78, 5) is 4.10. The Labute approximate surface area is 184 Å². The number of benzene rings is 2. The van der Waals surface area contributed by atoms with Gasteiger partial charge in [-0.25, -0.2) is 9.37 Å². The summed E-state index contributed by atoms with van der Waals surface area (Å²) in [6.07, 6.45) is 1.69. The fourth-order valence-corrected chi connectivity index (χ4v) is 3.21. The highest BCUT2D eigenvalue weighted by atomic mass is 35.5. The minimum atomic E-state index is -0.401. The van der Waals surface area contributed by atoms with Crippen LogP contribution < -0.4 is 19.5 Å². The van der Waals surface area contributed by atoms with Gasteiger partial charge in [-0.3, -0.25) is 0 Å². The molecule has 0 fully saturated rings. The van der Waals surface area contributed by atoms with Crippen molar-refractivity contribution in [1.82, 2.24) is 10.3 Å². The summed E-state index contributed by atoms with van der Waals surface area (Å²) in [7, 11) is 1.54. The van der Waals surface area contributed by atoms with Crippen molar-refractivity contribution < 1.29 is 18.6 Å². The number of halogens is 3. The van der Waals surface area contributed by atoms with Gasteiger partial charge in [-0.05, 0) is 35.9 Å². The summed E-state index contributed by atoms with van der Waals surface area (Å²) in [5.74, 6) is 1.09. The topological polar surface area (TPSA) is 52.6 Å². The van der Waals surface area contributed by atoms with Crippen LogP contribution in [0.3, 0.4) is 0 Å². The van der Waals surface area contributed by atoms with Gasteiger partial charge in [0.1, 0.15) is 19.0 Å². The molecule has 0 aliphatic heterocycles. The van der Waals surface area contributed by atoms with E-state index in [4.69, 9.17) is 37.4 Å². The molecule has 30 heavy (non-hydrogen) atoms. The van der Waals surface area contributed by atoms with E-state index in [-0.39, 0.29) is 6.61 Å². The average molecular weight is 451 g/mol. The van der Waals surface area contributed by atoms with Gasteiger partial charge in [0.15, 0.2) is 11.5 Å². The Morgan fingerprint density at radius 3 is 2.63 bits per heavy atom. The fourth-order valence-electron chi connectivity index (χ4n) is 2.70. The Balaban J connectivity index is 1.55. The molecule has 0 atom stereocenters. The predicted molar refractivity (Wildman–Crippen MR) is 115 cm³/mol. The van der Waals surface area contributed by atoms with Gasteiger partial charge in [-0.15, -0.1) is 0 Å². The lowest BCUT2D eigenvalue weighted by Gasteiger charge is -2.15. The maximum atomic E-state index is 13.2. The van der Waals surface area contributed by atoms with Gasteiger partial charge in [0.25, 0.3) is 0 Å². The van der Waals surface area contributed by atoms with Gasteiger partial charge < -0.3 is 19.5 Å². The molecule has 3 rings (SSSR count). The van der Waals surface area contributed by atoms with Crippen LogP contribution in [0.15, 0.2) is 54.7 Å². The van der Waals surface area contributed by atoms with Crippen LogP contribution in [0, 0.1) is 5.82 Å². The molecular formula is C22H21Cl2FN2O3. The van der Waals surface area contributed by atoms with Crippen molar-refractivity contribution in [2.24, 2.45) is 0 Å². The van der Waals surface area contributed by atoms with Crippen LogP contribution >= 0.6 is 23.2 Å². The summed E-state index contributed by atoms with van der Waals surface area (Å²) < 4.78 is 30.0. The standard InChI is InChI=1S/C22H21Cl2FN2O3/c1-28-20-11-15(13-26-8-9-29-21-4-2-3-7-27-21)10-19(24)22(20)30-14-16-5-6-17(25)12-18(16)23/h2-7,10-12,26H,8-9,13-14H2,1H3. The number of hydrogen-bond acceptors (Lipinski definition) is 5. The zero-order chi connectivity index (χ0) is 21.3. The van der Waals surface area contributed by atoms with Gasteiger partial charge in [0.2, 0.25) is 5.88 Å². The lowest BCUT2D eigenvalue weighted by Crippen LogP contribution is -2.20. The number of ether oxygens (including phenoxy) is 3. The monoisotopic (exact) mass is 450 g/mol. The quantitative estimate of drug-likeness (QED) is 0.425. The van der Waals surface area contributed by atoms with Crippen LogP contribution in [-0.2, 0) is 13.2 Å². The van der Waals surface area contributed by atoms with E-state index in [0.29, 0.717) is 52.7 Å². The largest absolute Gasteiger partial charge is 0.493 e. The van der Waals surface area contributed by atoms with Crippen molar-refractivity contribution in [2.45, 2.75) is 13.2 Å². The highest BCUT2D eigenvalue weighted by Crippen LogP contribution is 2.37. The van der Waals surface area contributed by atoms with E-state index in [1.807, 2.05) is 24.3 Å². The van der Waals surface area contributed by atoms with Gasteiger partial charge in [-0.1, -0.05) is 35.3 Å². The molecule has 0 amide bonds. The molecule has 0 saturated carbocycles. The number of nitrogens with zero attached hydrogens (tertiary/aromatic N) is 1. The minimum absolute atomic E-state index is 0.137. The van der Waals surface area contributed by atoms with Crippen molar-refractivity contribution in [3.8, 4) is 17.4 Å². The van der Waals surface area contributed by atoms with E-state index in [2.05, 4.69) is 10.3 Å². The molecule has 2 aromatic carbocycles. The van der Waals surface area contributed by atoms with Crippen LogP contribution in [-0.4, -0.2) is 25.2 Å². The molecule has 3 aromatic rings. The summed E-state index contributed by atoms with van der Waals surface area (Å²) in [5, 5.41) is 3.98. The number of methoxy groups -OCH3 is 1. The second-order valence-electron chi connectivity index (χ2n) is 6.33. The van der Waals surface area contributed by atoms with Crippen LogP contribution in [0.1, 0.15) is 11.1 Å². The van der Waals surface area contributed by atoms with Crippen molar-refractivity contribution in [3.63, 3.8) is 0 Å². The number of aromatic nitrogens is 1. The van der Waals surface area contributed by atoms with E-state index in [1.165, 1.54) is 12.1 Å². The zero-order valence-electron chi connectivity index (χ0n) is 16.3. The molecule has 1 N–H and O–H groups in total. The molecule has 5 nitrogen and oxygen atoms in total. The number of hydrogen-bond donors (Lipinski definition) is 1. The van der Waals surface area contributed by atoms with Crippen LogP contribution in [0.2, 0.25) is 10.0 Å². The zero-order valence-corrected chi connectivity index (χ0v) is 17.8. The van der Waals surface area contributed by atoms with Crippen molar-refractivity contribution in [3.05, 3.63) is 81.7 Å². The third kappa shape index (κ3) is 6.23. The summed E-state index contributed by atoms with van der Waals surface area (Å²) in [5.41, 5.74) is 1.58. The average Bonchev–Trinajstić information content (AvgIpc) is 2.74. The van der Waals surface area contributed by atoms with Gasteiger partial charge in [0, 0.05) is 30.9 Å². The third-order valence-electron chi connectivity index (χ3n) is 4.17. The first-order valence-corrected chi connectivity index (χ1v) is 10.00. The van der Waals surface area contributed by atoms with E-state index >= 15 is 0 Å². The Hall–Kier alpha value is -2.54. The number of rotatable bonds is 10. The Kier molecular flexibility index (Phi) is 8.13. The van der Waals surface area contributed by atoms with Gasteiger partial charge in [-0.2, -0.15) is 0 Å². The molecule has 0 radical (unpaired) electrons. The van der Waals surface area contributed by atoms with E-state index in [9.17, 15) is 4.39 Å². The van der Waals surface area contributed by atoms with Crippen molar-refractivity contribution in [2.75, 3.05) is 20.3 Å². The summed E-state index contributed by atoms with van der Waals surface area (Å²) in [6.45, 7) is 1.84. The maximum absolute atomic E-state index is 13.2. The van der Waals surface area contributed by atoms with E-state index in [1.54, 1.807) is 25.4 Å². The molecule has 0 bridgehead atoms. The van der Waals surface area contributed by atoms with Crippen LogP contribution in [0.5, 0.6) is 17.4 Å². The Bertz CT molecular complexity index is 974. The van der Waals surface area contributed by atoms with Crippen molar-refractivity contribution in [1.29, 1.82) is 0 Å². The molecule has 1 aromatic heterocycles. The molecule has 0 unspecified atom stereocenters. The first-order valence-electron chi connectivity index (χ1n) is 9.24. The molecule has 8 heteroatoms. The van der Waals surface area contributed by atoms with Crippen molar-refractivity contribution >= 4 is 23.2 Å². The lowest BCUT2D eigenvalue weighted by atomic mass is 10.2. The summed E-state index contributed by atoms with van der Waals surface area (Å²) >= 11 is 12.5. The number of nitrogens with one attached hydrogen (secondary N) is 1. The smallest absolute Gasteiger partial charge is 0.213 e.